The summed E-state index contributed by atoms with van der Waals surface area (Å²) in [4.78, 5) is 2.30. The average molecular weight is 268 g/mol. The van der Waals surface area contributed by atoms with Gasteiger partial charge < -0.3 is 19.6 Å². The average Bonchev–Trinajstić information content (AvgIpc) is 3.08. The van der Waals surface area contributed by atoms with Gasteiger partial charge in [-0.25, -0.2) is 0 Å². The van der Waals surface area contributed by atoms with E-state index in [9.17, 15) is 0 Å². The number of methoxy groups -OCH3 is 2. The van der Waals surface area contributed by atoms with Crippen LogP contribution in [0, 0.1) is 0 Å². The Morgan fingerprint density at radius 1 is 1.37 bits per heavy atom. The van der Waals surface area contributed by atoms with Crippen molar-refractivity contribution in [2.45, 2.75) is 37.6 Å². The molecule has 1 aromatic heterocycles. The van der Waals surface area contributed by atoms with Crippen LogP contribution in [0.5, 0.6) is 0 Å². The molecule has 108 valence electrons. The number of hydrogen-bond donors (Lipinski definition) is 1. The molecule has 2 heterocycles. The molecule has 0 radical (unpaired) electrons. The summed E-state index contributed by atoms with van der Waals surface area (Å²) in [6, 6.07) is 4.02. The van der Waals surface area contributed by atoms with Crippen molar-refractivity contribution in [2.75, 3.05) is 27.3 Å². The molecule has 1 fully saturated rings. The van der Waals surface area contributed by atoms with Crippen LogP contribution in [0.25, 0.3) is 0 Å². The quantitative estimate of drug-likeness (QED) is 0.845. The van der Waals surface area contributed by atoms with E-state index < -0.39 is 0 Å². The molecule has 0 bridgehead atoms. The van der Waals surface area contributed by atoms with Crippen molar-refractivity contribution in [1.82, 2.24) is 4.90 Å². The fourth-order valence-electron chi connectivity index (χ4n) is 2.80. The van der Waals surface area contributed by atoms with Gasteiger partial charge in [-0.2, -0.15) is 0 Å². The zero-order valence-corrected chi connectivity index (χ0v) is 11.9. The Morgan fingerprint density at radius 2 is 2.00 bits per heavy atom. The molecule has 0 amide bonds. The Hall–Kier alpha value is -0.880. The standard InChI is InChI=1S/C14H24N2O3/c1-4-10(15)14(11-6-5-7-19-11)16-8-12(17-2)13(9-16)18-3/h5-7,10,12-14H,4,8-9,15H2,1-3H3. The molecule has 1 aliphatic heterocycles. The van der Waals surface area contributed by atoms with Gasteiger partial charge >= 0.3 is 0 Å². The highest BCUT2D eigenvalue weighted by Gasteiger charge is 2.39. The van der Waals surface area contributed by atoms with E-state index in [2.05, 4.69) is 11.8 Å². The van der Waals surface area contributed by atoms with Gasteiger partial charge in [-0.15, -0.1) is 0 Å². The Kier molecular flexibility index (Phi) is 4.99. The Bertz CT molecular complexity index is 357. The molecule has 1 saturated heterocycles. The van der Waals surface area contributed by atoms with Gasteiger partial charge in [-0.1, -0.05) is 6.92 Å². The van der Waals surface area contributed by atoms with Gasteiger partial charge in [-0.05, 0) is 18.6 Å². The zero-order chi connectivity index (χ0) is 13.8. The minimum Gasteiger partial charge on any atom is -0.468 e. The lowest BCUT2D eigenvalue weighted by Gasteiger charge is -2.30. The molecule has 0 aromatic carbocycles. The summed E-state index contributed by atoms with van der Waals surface area (Å²) in [5.41, 5.74) is 6.28. The maximum Gasteiger partial charge on any atom is 0.122 e. The predicted octanol–water partition coefficient (Wildman–Crippen LogP) is 1.40. The molecule has 5 heteroatoms. The lowest BCUT2D eigenvalue weighted by Crippen LogP contribution is -2.40. The van der Waals surface area contributed by atoms with Gasteiger partial charge in [0.05, 0.1) is 24.5 Å². The first-order chi connectivity index (χ1) is 9.21. The van der Waals surface area contributed by atoms with Crippen molar-refractivity contribution in [3.63, 3.8) is 0 Å². The van der Waals surface area contributed by atoms with Crippen LogP contribution in [0.1, 0.15) is 25.1 Å². The first kappa shape index (κ1) is 14.5. The van der Waals surface area contributed by atoms with E-state index in [1.54, 1.807) is 20.5 Å². The van der Waals surface area contributed by atoms with Crippen molar-refractivity contribution < 1.29 is 13.9 Å². The highest BCUT2D eigenvalue weighted by atomic mass is 16.5. The summed E-state index contributed by atoms with van der Waals surface area (Å²) in [6.07, 6.45) is 2.78. The molecule has 1 aromatic rings. The summed E-state index contributed by atoms with van der Waals surface area (Å²) in [5, 5.41) is 0. The smallest absolute Gasteiger partial charge is 0.122 e. The minimum atomic E-state index is 0.0410. The SMILES string of the molecule is CCC(N)C(c1ccco1)N1CC(OC)C(OC)C1. The fraction of sp³-hybridized carbons (Fsp3) is 0.714. The number of ether oxygens (including phenoxy) is 2. The zero-order valence-electron chi connectivity index (χ0n) is 11.9. The van der Waals surface area contributed by atoms with E-state index in [1.807, 2.05) is 12.1 Å². The van der Waals surface area contributed by atoms with Crippen LogP contribution < -0.4 is 5.73 Å². The maximum atomic E-state index is 6.28. The van der Waals surface area contributed by atoms with Crippen molar-refractivity contribution in [3.8, 4) is 0 Å². The Labute approximate surface area is 114 Å². The first-order valence-corrected chi connectivity index (χ1v) is 6.79. The Balaban J connectivity index is 2.16. The normalized spacial score (nSPS) is 27.6. The van der Waals surface area contributed by atoms with Gasteiger partial charge in [0.1, 0.15) is 5.76 Å². The van der Waals surface area contributed by atoms with E-state index in [4.69, 9.17) is 19.6 Å². The third-order valence-electron chi connectivity index (χ3n) is 3.95. The van der Waals surface area contributed by atoms with E-state index >= 15 is 0 Å². The summed E-state index contributed by atoms with van der Waals surface area (Å²) in [7, 11) is 3.45. The van der Waals surface area contributed by atoms with Gasteiger partial charge in [0.25, 0.3) is 0 Å². The lowest BCUT2D eigenvalue weighted by molar-refractivity contribution is -0.00461. The van der Waals surface area contributed by atoms with Gasteiger partial charge in [0, 0.05) is 33.4 Å². The summed E-state index contributed by atoms with van der Waals surface area (Å²) in [5.74, 6) is 0.918. The second kappa shape index (κ2) is 6.52. The first-order valence-electron chi connectivity index (χ1n) is 6.79. The van der Waals surface area contributed by atoms with Gasteiger partial charge in [-0.3, -0.25) is 4.90 Å². The minimum absolute atomic E-state index is 0.0410. The van der Waals surface area contributed by atoms with Crippen LogP contribution in [-0.4, -0.2) is 50.5 Å². The second-order valence-corrected chi connectivity index (χ2v) is 5.03. The number of rotatable bonds is 6. The Morgan fingerprint density at radius 3 is 2.42 bits per heavy atom. The van der Waals surface area contributed by atoms with E-state index in [0.29, 0.717) is 0 Å². The largest absolute Gasteiger partial charge is 0.468 e. The number of nitrogens with two attached hydrogens (primary N) is 1. The number of likely N-dealkylation sites (tertiary alicyclic amines) is 1. The van der Waals surface area contributed by atoms with Crippen molar-refractivity contribution in [3.05, 3.63) is 24.2 Å². The molecular weight excluding hydrogens is 244 g/mol. The molecular formula is C14H24N2O3. The molecule has 0 aliphatic carbocycles. The third kappa shape index (κ3) is 3.00. The van der Waals surface area contributed by atoms with Crippen LogP contribution in [0.2, 0.25) is 0 Å². The lowest BCUT2D eigenvalue weighted by atomic mass is 10.0. The molecule has 2 rings (SSSR count). The van der Waals surface area contributed by atoms with Crippen LogP contribution in [0.3, 0.4) is 0 Å². The summed E-state index contributed by atoms with van der Waals surface area (Å²) >= 11 is 0. The number of nitrogens with zero attached hydrogens (tertiary/aromatic N) is 1. The molecule has 4 atom stereocenters. The van der Waals surface area contributed by atoms with Crippen molar-refractivity contribution in [1.29, 1.82) is 0 Å². The topological polar surface area (TPSA) is 60.9 Å². The summed E-state index contributed by atoms with van der Waals surface area (Å²) in [6.45, 7) is 3.72. The van der Waals surface area contributed by atoms with Crippen LogP contribution >= 0.6 is 0 Å². The van der Waals surface area contributed by atoms with Crippen molar-refractivity contribution >= 4 is 0 Å². The number of hydrogen-bond acceptors (Lipinski definition) is 5. The number of furan rings is 1. The molecule has 5 nitrogen and oxygen atoms in total. The maximum absolute atomic E-state index is 6.28. The van der Waals surface area contributed by atoms with Crippen LogP contribution in [0.15, 0.2) is 22.8 Å². The summed E-state index contributed by atoms with van der Waals surface area (Å²) < 4.78 is 16.5. The third-order valence-corrected chi connectivity index (χ3v) is 3.95. The van der Waals surface area contributed by atoms with Crippen LogP contribution in [0.4, 0.5) is 0 Å². The predicted molar refractivity (Wildman–Crippen MR) is 72.9 cm³/mol. The monoisotopic (exact) mass is 268 g/mol. The van der Waals surface area contributed by atoms with Gasteiger partial charge in [0.2, 0.25) is 0 Å². The molecule has 2 N–H and O–H groups in total. The molecule has 0 spiro atoms. The van der Waals surface area contributed by atoms with Crippen LogP contribution in [-0.2, 0) is 9.47 Å². The molecule has 0 saturated carbocycles. The second-order valence-electron chi connectivity index (χ2n) is 5.03. The highest BCUT2D eigenvalue weighted by Crippen LogP contribution is 2.30. The van der Waals surface area contributed by atoms with Crippen molar-refractivity contribution in [2.24, 2.45) is 5.73 Å². The molecule has 4 unspecified atom stereocenters. The molecule has 1 aliphatic rings. The molecule has 19 heavy (non-hydrogen) atoms. The highest BCUT2D eigenvalue weighted by molar-refractivity contribution is 5.09. The van der Waals surface area contributed by atoms with Gasteiger partial charge in [0.15, 0.2) is 0 Å². The van der Waals surface area contributed by atoms with E-state index in [1.165, 1.54) is 0 Å². The fourth-order valence-corrected chi connectivity index (χ4v) is 2.80. The van der Waals surface area contributed by atoms with E-state index in [-0.39, 0.29) is 24.3 Å². The van der Waals surface area contributed by atoms with E-state index in [0.717, 1.165) is 25.3 Å².